The van der Waals surface area contributed by atoms with Gasteiger partial charge in [0.1, 0.15) is 0 Å². The third-order valence-corrected chi connectivity index (χ3v) is 4.96. The molecule has 132 valence electrons. The Balaban J connectivity index is 1.95. The quantitative estimate of drug-likeness (QED) is 0.799. The summed E-state index contributed by atoms with van der Waals surface area (Å²) in [6.07, 6.45) is 0. The SMILES string of the molecule is CCNC(=O)CN1CCN(C(=O)c2ccccc2SC(C)C)CC1. The standard InChI is InChI=1S/C18H27N3O2S/c1-4-19-17(22)13-20-9-11-21(12-10-20)18(23)15-7-5-6-8-16(15)24-14(2)3/h5-8,14H,4,9-13H2,1-3H3,(H,19,22). The average molecular weight is 350 g/mol. The lowest BCUT2D eigenvalue weighted by Gasteiger charge is -2.34. The minimum atomic E-state index is 0.0518. The first-order valence-electron chi connectivity index (χ1n) is 8.55. The molecule has 0 saturated carbocycles. The van der Waals surface area contributed by atoms with Crippen LogP contribution in [0.5, 0.6) is 0 Å². The molecule has 0 aliphatic carbocycles. The lowest BCUT2D eigenvalue weighted by Crippen LogP contribution is -2.51. The molecule has 0 unspecified atom stereocenters. The summed E-state index contributed by atoms with van der Waals surface area (Å²) < 4.78 is 0. The lowest BCUT2D eigenvalue weighted by atomic mass is 10.2. The second kappa shape index (κ2) is 9.08. The van der Waals surface area contributed by atoms with Crippen LogP contribution in [-0.2, 0) is 4.79 Å². The van der Waals surface area contributed by atoms with Crippen molar-refractivity contribution in [3.05, 3.63) is 29.8 Å². The minimum Gasteiger partial charge on any atom is -0.355 e. The zero-order chi connectivity index (χ0) is 17.5. The van der Waals surface area contributed by atoms with E-state index in [1.807, 2.05) is 36.1 Å². The van der Waals surface area contributed by atoms with Gasteiger partial charge in [-0.1, -0.05) is 26.0 Å². The number of benzene rings is 1. The molecule has 1 fully saturated rings. The van der Waals surface area contributed by atoms with Crippen molar-refractivity contribution in [2.45, 2.75) is 30.9 Å². The van der Waals surface area contributed by atoms with Crippen LogP contribution in [-0.4, -0.2) is 66.1 Å². The highest BCUT2D eigenvalue weighted by Gasteiger charge is 2.24. The van der Waals surface area contributed by atoms with Gasteiger partial charge in [-0.15, -0.1) is 11.8 Å². The van der Waals surface area contributed by atoms with Gasteiger partial charge in [0.05, 0.1) is 12.1 Å². The van der Waals surface area contributed by atoms with Crippen molar-refractivity contribution in [2.75, 3.05) is 39.3 Å². The summed E-state index contributed by atoms with van der Waals surface area (Å²) >= 11 is 1.72. The van der Waals surface area contributed by atoms with Crippen LogP contribution >= 0.6 is 11.8 Å². The third kappa shape index (κ3) is 5.24. The number of piperazine rings is 1. The number of carbonyl (C=O) groups is 2. The number of rotatable bonds is 6. The molecule has 1 saturated heterocycles. The number of likely N-dealkylation sites (N-methyl/N-ethyl adjacent to an activating group) is 1. The number of nitrogens with zero attached hydrogens (tertiary/aromatic N) is 2. The van der Waals surface area contributed by atoms with Gasteiger partial charge in [-0.25, -0.2) is 0 Å². The van der Waals surface area contributed by atoms with Gasteiger partial charge in [-0.3, -0.25) is 14.5 Å². The Morgan fingerprint density at radius 1 is 1.17 bits per heavy atom. The highest BCUT2D eigenvalue weighted by molar-refractivity contribution is 8.00. The van der Waals surface area contributed by atoms with Gasteiger partial charge in [0.2, 0.25) is 5.91 Å². The molecular formula is C18H27N3O2S. The molecule has 0 radical (unpaired) electrons. The van der Waals surface area contributed by atoms with Crippen LogP contribution in [0.2, 0.25) is 0 Å². The van der Waals surface area contributed by atoms with Crippen molar-refractivity contribution in [3.8, 4) is 0 Å². The monoisotopic (exact) mass is 349 g/mol. The molecule has 24 heavy (non-hydrogen) atoms. The molecule has 6 heteroatoms. The highest BCUT2D eigenvalue weighted by atomic mass is 32.2. The molecule has 2 amide bonds. The Hall–Kier alpha value is -1.53. The van der Waals surface area contributed by atoms with Gasteiger partial charge in [0.25, 0.3) is 5.91 Å². The summed E-state index contributed by atoms with van der Waals surface area (Å²) in [7, 11) is 0. The molecule has 0 spiro atoms. The smallest absolute Gasteiger partial charge is 0.255 e. The Morgan fingerprint density at radius 3 is 2.46 bits per heavy atom. The molecule has 0 aromatic heterocycles. The van der Waals surface area contributed by atoms with Crippen molar-refractivity contribution in [1.29, 1.82) is 0 Å². The highest BCUT2D eigenvalue weighted by Crippen LogP contribution is 2.27. The molecule has 1 aliphatic heterocycles. The molecule has 1 heterocycles. The first-order valence-corrected chi connectivity index (χ1v) is 9.43. The van der Waals surface area contributed by atoms with E-state index < -0.39 is 0 Å². The number of amides is 2. The van der Waals surface area contributed by atoms with E-state index in [1.54, 1.807) is 11.8 Å². The van der Waals surface area contributed by atoms with E-state index in [0.717, 1.165) is 23.5 Å². The van der Waals surface area contributed by atoms with Crippen LogP contribution in [0.4, 0.5) is 0 Å². The van der Waals surface area contributed by atoms with Crippen LogP contribution in [0.25, 0.3) is 0 Å². The number of hydrogen-bond acceptors (Lipinski definition) is 4. The minimum absolute atomic E-state index is 0.0518. The Bertz CT molecular complexity index is 569. The predicted molar refractivity (Wildman–Crippen MR) is 98.5 cm³/mol. The maximum Gasteiger partial charge on any atom is 0.255 e. The van der Waals surface area contributed by atoms with Crippen LogP contribution in [0.3, 0.4) is 0 Å². The van der Waals surface area contributed by atoms with Crippen LogP contribution in [0.15, 0.2) is 29.2 Å². The van der Waals surface area contributed by atoms with Crippen LogP contribution in [0, 0.1) is 0 Å². The molecule has 2 rings (SSSR count). The molecular weight excluding hydrogens is 322 g/mol. The molecule has 1 aromatic carbocycles. The fourth-order valence-electron chi connectivity index (χ4n) is 2.74. The first kappa shape index (κ1) is 18.8. The van der Waals surface area contributed by atoms with E-state index in [-0.39, 0.29) is 11.8 Å². The van der Waals surface area contributed by atoms with E-state index in [2.05, 4.69) is 24.1 Å². The zero-order valence-corrected chi connectivity index (χ0v) is 15.6. The van der Waals surface area contributed by atoms with Crippen molar-refractivity contribution in [3.63, 3.8) is 0 Å². The summed E-state index contributed by atoms with van der Waals surface area (Å²) in [6.45, 7) is 10.1. The van der Waals surface area contributed by atoms with Gasteiger partial charge in [0, 0.05) is 42.9 Å². The number of hydrogen-bond donors (Lipinski definition) is 1. The van der Waals surface area contributed by atoms with Crippen LogP contribution < -0.4 is 5.32 Å². The van der Waals surface area contributed by atoms with Gasteiger partial charge in [0.15, 0.2) is 0 Å². The van der Waals surface area contributed by atoms with Gasteiger partial charge >= 0.3 is 0 Å². The summed E-state index contributed by atoms with van der Waals surface area (Å²) in [4.78, 5) is 29.5. The van der Waals surface area contributed by atoms with Gasteiger partial charge in [-0.05, 0) is 19.1 Å². The van der Waals surface area contributed by atoms with Gasteiger partial charge < -0.3 is 10.2 Å². The average Bonchev–Trinajstić information content (AvgIpc) is 2.55. The lowest BCUT2D eigenvalue weighted by molar-refractivity contribution is -0.122. The zero-order valence-electron chi connectivity index (χ0n) is 14.7. The second-order valence-corrected chi connectivity index (χ2v) is 7.80. The third-order valence-electron chi connectivity index (χ3n) is 3.88. The van der Waals surface area contributed by atoms with Crippen molar-refractivity contribution in [1.82, 2.24) is 15.1 Å². The normalized spacial score (nSPS) is 15.6. The second-order valence-electron chi connectivity index (χ2n) is 6.18. The van der Waals surface area contributed by atoms with E-state index in [0.29, 0.717) is 31.4 Å². The summed E-state index contributed by atoms with van der Waals surface area (Å²) in [5.74, 6) is 0.146. The number of thioether (sulfide) groups is 1. The summed E-state index contributed by atoms with van der Waals surface area (Å²) in [5, 5.41) is 3.25. The van der Waals surface area contributed by atoms with Crippen LogP contribution in [0.1, 0.15) is 31.1 Å². The predicted octanol–water partition coefficient (Wildman–Crippen LogP) is 2.08. The van der Waals surface area contributed by atoms with Gasteiger partial charge in [-0.2, -0.15) is 0 Å². The molecule has 0 atom stereocenters. The van der Waals surface area contributed by atoms with Crippen molar-refractivity contribution < 1.29 is 9.59 Å². The van der Waals surface area contributed by atoms with Crippen molar-refractivity contribution >= 4 is 23.6 Å². The topological polar surface area (TPSA) is 52.7 Å². The van der Waals surface area contributed by atoms with E-state index in [4.69, 9.17) is 0 Å². The van der Waals surface area contributed by atoms with Crippen molar-refractivity contribution in [2.24, 2.45) is 0 Å². The number of nitrogens with one attached hydrogen (secondary N) is 1. The maximum atomic E-state index is 12.8. The van der Waals surface area contributed by atoms with E-state index in [9.17, 15) is 9.59 Å². The fraction of sp³-hybridized carbons (Fsp3) is 0.556. The van der Waals surface area contributed by atoms with E-state index in [1.165, 1.54) is 0 Å². The number of carbonyl (C=O) groups excluding carboxylic acids is 2. The largest absolute Gasteiger partial charge is 0.355 e. The molecule has 1 N–H and O–H groups in total. The molecule has 5 nitrogen and oxygen atoms in total. The summed E-state index contributed by atoms with van der Waals surface area (Å²) in [6, 6.07) is 7.83. The molecule has 1 aromatic rings. The van der Waals surface area contributed by atoms with E-state index >= 15 is 0 Å². The fourth-order valence-corrected chi connectivity index (χ4v) is 3.68. The Labute approximate surface area is 148 Å². The maximum absolute atomic E-state index is 12.8. The first-order chi connectivity index (χ1) is 11.5. The molecule has 1 aliphatic rings. The Morgan fingerprint density at radius 2 is 1.83 bits per heavy atom. The summed E-state index contributed by atoms with van der Waals surface area (Å²) in [5.41, 5.74) is 0.786. The molecule has 0 bridgehead atoms. The Kier molecular flexibility index (Phi) is 7.12.